The van der Waals surface area contributed by atoms with Crippen LogP contribution in [0.2, 0.25) is 0 Å². The van der Waals surface area contributed by atoms with E-state index < -0.39 is 11.9 Å². The first kappa shape index (κ1) is 47.4. The Bertz CT molecular complexity index is 1890. The Balaban J connectivity index is 0.000000961. The zero-order valence-corrected chi connectivity index (χ0v) is 33.6. The number of hydrogen-bond donors (Lipinski definition) is 0. The van der Waals surface area contributed by atoms with Gasteiger partial charge in [-0.05, 0) is 110 Å². The Morgan fingerprint density at radius 1 is 0.518 bits per heavy atom. The van der Waals surface area contributed by atoms with E-state index in [-0.39, 0.29) is 0 Å². The van der Waals surface area contributed by atoms with Gasteiger partial charge < -0.3 is 18.9 Å². The van der Waals surface area contributed by atoms with E-state index in [4.69, 9.17) is 18.9 Å². The molecule has 0 saturated carbocycles. The molecule has 9 heteroatoms. The van der Waals surface area contributed by atoms with Gasteiger partial charge in [-0.3, -0.25) is 14.0 Å². The van der Waals surface area contributed by atoms with E-state index in [2.05, 4.69) is 13.2 Å². The maximum absolute atomic E-state index is 11.9. The van der Waals surface area contributed by atoms with Crippen LogP contribution >= 0.6 is 0 Å². The van der Waals surface area contributed by atoms with Gasteiger partial charge in [0.25, 0.3) is 0 Å². The van der Waals surface area contributed by atoms with Crippen LogP contribution in [0.15, 0.2) is 133 Å². The Kier molecular flexibility index (Phi) is 21.5. The van der Waals surface area contributed by atoms with Crippen molar-refractivity contribution in [1.29, 1.82) is 0 Å². The molecular formula is C47H51FO8. The van der Waals surface area contributed by atoms with E-state index >= 15 is 0 Å². The highest BCUT2D eigenvalue weighted by atomic mass is 19.1. The highest BCUT2D eigenvalue weighted by Gasteiger charge is 2.13. The molecule has 0 spiro atoms. The number of halogens is 1. The fourth-order valence-corrected chi connectivity index (χ4v) is 4.14. The molecule has 0 saturated heterocycles. The summed E-state index contributed by atoms with van der Waals surface area (Å²) in [7, 11) is 3.57. The Hall–Kier alpha value is -6.61. The highest BCUT2D eigenvalue weighted by Crippen LogP contribution is 2.34. The van der Waals surface area contributed by atoms with E-state index in [1.54, 1.807) is 52.0 Å². The number of alkyl halides is 1. The predicted molar refractivity (Wildman–Crippen MR) is 225 cm³/mol. The van der Waals surface area contributed by atoms with Crippen molar-refractivity contribution in [3.05, 3.63) is 144 Å². The van der Waals surface area contributed by atoms with Crippen LogP contribution in [0.4, 0.5) is 4.39 Å². The second-order valence-electron chi connectivity index (χ2n) is 11.9. The summed E-state index contributed by atoms with van der Waals surface area (Å²) in [4.78, 5) is 43.1. The third-order valence-electron chi connectivity index (χ3n) is 7.67. The summed E-state index contributed by atoms with van der Waals surface area (Å²) in [5, 5.41) is 0. The first-order valence-electron chi connectivity index (χ1n) is 17.3. The van der Waals surface area contributed by atoms with E-state index in [0.717, 1.165) is 57.1 Å². The minimum Gasteiger partial charge on any atom is -0.493 e. The van der Waals surface area contributed by atoms with Gasteiger partial charge in [-0.25, -0.2) is 9.59 Å². The van der Waals surface area contributed by atoms with Crippen molar-refractivity contribution in [1.82, 2.24) is 0 Å². The quantitative estimate of drug-likeness (QED) is 0.0462. The first-order chi connectivity index (χ1) is 26.8. The van der Waals surface area contributed by atoms with Gasteiger partial charge in [0.2, 0.25) is 0 Å². The van der Waals surface area contributed by atoms with Crippen LogP contribution in [0, 0.1) is 0 Å². The summed E-state index contributed by atoms with van der Waals surface area (Å²) >= 11 is 0. The molecule has 0 heterocycles. The van der Waals surface area contributed by atoms with Gasteiger partial charge in [-0.2, -0.15) is 0 Å². The van der Waals surface area contributed by atoms with Crippen molar-refractivity contribution < 1.29 is 42.5 Å². The Morgan fingerprint density at radius 3 is 1.05 bits per heavy atom. The molecule has 4 rings (SSSR count). The van der Waals surface area contributed by atoms with Crippen molar-refractivity contribution in [3.63, 3.8) is 0 Å². The van der Waals surface area contributed by atoms with Gasteiger partial charge in [-0.15, -0.1) is 0 Å². The second kappa shape index (κ2) is 25.4. The van der Waals surface area contributed by atoms with Crippen LogP contribution in [-0.4, -0.2) is 45.9 Å². The molecule has 0 fully saturated rings. The summed E-state index contributed by atoms with van der Waals surface area (Å²) in [5.74, 6) is 0.638. The highest BCUT2D eigenvalue weighted by molar-refractivity contribution is 5.90. The van der Waals surface area contributed by atoms with Crippen LogP contribution in [0.25, 0.3) is 34.4 Å². The summed E-state index contributed by atoms with van der Waals surface area (Å²) in [6.07, 6.45) is 9.31. The number of methoxy groups -OCH3 is 2. The fraction of sp³-hybridized carbons (Fsp3) is 0.191. The molecule has 8 nitrogen and oxygen atoms in total. The average Bonchev–Trinajstić information content (AvgIpc) is 3.23. The monoisotopic (exact) mass is 762 g/mol. The lowest BCUT2D eigenvalue weighted by molar-refractivity contribution is -0.131. The Morgan fingerprint density at radius 2 is 0.821 bits per heavy atom. The molecule has 0 bridgehead atoms. The Labute approximate surface area is 330 Å². The third kappa shape index (κ3) is 15.8. The fourth-order valence-electron chi connectivity index (χ4n) is 4.14. The van der Waals surface area contributed by atoms with E-state index in [1.165, 1.54) is 14.2 Å². The smallest absolute Gasteiger partial charge is 0.338 e. The number of carbonyl (C=O) groups excluding carboxylic acids is 4. The molecule has 0 aliphatic heterocycles. The minimum atomic E-state index is -0.496. The molecular weight excluding hydrogens is 712 g/mol. The van der Waals surface area contributed by atoms with Gasteiger partial charge in [0.15, 0.2) is 23.0 Å². The average molecular weight is 763 g/mol. The maximum atomic E-state index is 11.9. The SMILES string of the molecule is C/C=C(/C)C=O.C/C=C(\C)C=O.C=C(C)C(=O)Oc1ccc(-c2ccc(/C=C/c3ccc(-c4ccc(OC(=O)C(=C)C)c(OC)c4)cc3)cc2)cc1OC.CF. The summed E-state index contributed by atoms with van der Waals surface area (Å²) in [6, 6.07) is 27.1. The largest absolute Gasteiger partial charge is 0.493 e. The number of aldehydes is 2. The summed E-state index contributed by atoms with van der Waals surface area (Å²) in [6.45, 7) is 17.6. The lowest BCUT2D eigenvalue weighted by atomic mass is 10.0. The molecule has 0 N–H and O–H groups in total. The van der Waals surface area contributed by atoms with Crippen molar-refractivity contribution in [2.45, 2.75) is 41.5 Å². The zero-order valence-electron chi connectivity index (χ0n) is 33.6. The molecule has 0 atom stereocenters. The number of rotatable bonds is 12. The molecule has 294 valence electrons. The summed E-state index contributed by atoms with van der Waals surface area (Å²) < 4.78 is 31.1. The van der Waals surface area contributed by atoms with Crippen LogP contribution < -0.4 is 18.9 Å². The number of benzene rings is 4. The first-order valence-corrected chi connectivity index (χ1v) is 17.3. The number of carbonyl (C=O) groups is 4. The van der Waals surface area contributed by atoms with Crippen molar-refractivity contribution in [2.75, 3.05) is 21.4 Å². The van der Waals surface area contributed by atoms with Crippen molar-refractivity contribution in [2.24, 2.45) is 0 Å². The molecule has 4 aromatic rings. The van der Waals surface area contributed by atoms with Gasteiger partial charge in [0, 0.05) is 11.1 Å². The van der Waals surface area contributed by atoms with Gasteiger partial charge in [0.05, 0.1) is 21.4 Å². The van der Waals surface area contributed by atoms with Crippen LogP contribution in [0.5, 0.6) is 23.0 Å². The topological polar surface area (TPSA) is 105 Å². The van der Waals surface area contributed by atoms with Gasteiger partial charge >= 0.3 is 11.9 Å². The summed E-state index contributed by atoms with van der Waals surface area (Å²) in [5.41, 5.74) is 8.18. The van der Waals surface area contributed by atoms with Crippen LogP contribution in [-0.2, 0) is 19.2 Å². The van der Waals surface area contributed by atoms with Crippen molar-refractivity contribution >= 4 is 36.7 Å². The molecule has 0 aliphatic rings. The predicted octanol–water partition coefficient (Wildman–Crippen LogP) is 11.1. The number of allylic oxidation sites excluding steroid dienone is 4. The van der Waals surface area contributed by atoms with Gasteiger partial charge in [0.1, 0.15) is 12.6 Å². The number of ether oxygens (including phenoxy) is 4. The molecule has 0 unspecified atom stereocenters. The standard InChI is InChI=1S/C36H32O6.2C5H8O.CH3F/c1-23(2)35(37)41-31-19-17-29(21-33(31)39-5)27-13-9-25(10-14-27)7-8-26-11-15-28(16-12-26)30-18-20-32(34(22-30)40-6)42-36(38)24(3)4;2*1-3-5(2)4-6;1-2/h7-22H,1,3H2,2,4-6H3;2*3-4H,1-2H3;1H3/b8-7+;5-3+;5-3-;. The lowest BCUT2D eigenvalue weighted by Gasteiger charge is -2.11. The molecule has 56 heavy (non-hydrogen) atoms. The molecule has 0 aliphatic carbocycles. The molecule has 4 aromatic carbocycles. The van der Waals surface area contributed by atoms with E-state index in [9.17, 15) is 23.6 Å². The third-order valence-corrected chi connectivity index (χ3v) is 7.67. The molecule has 0 radical (unpaired) electrons. The maximum Gasteiger partial charge on any atom is 0.338 e. The van der Waals surface area contributed by atoms with Gasteiger partial charge in [-0.1, -0.05) is 98.1 Å². The number of esters is 2. The second-order valence-corrected chi connectivity index (χ2v) is 11.9. The lowest BCUT2D eigenvalue weighted by Crippen LogP contribution is -2.09. The van der Waals surface area contributed by atoms with Crippen LogP contribution in [0.3, 0.4) is 0 Å². The normalized spacial score (nSPS) is 10.5. The van der Waals surface area contributed by atoms with E-state index in [1.807, 2.05) is 98.8 Å². The molecule has 0 amide bonds. The van der Waals surface area contributed by atoms with Crippen LogP contribution in [0.1, 0.15) is 52.7 Å². The minimum absolute atomic E-state index is 0.316. The molecule has 0 aromatic heterocycles. The van der Waals surface area contributed by atoms with Crippen molar-refractivity contribution in [3.8, 4) is 45.3 Å². The number of hydrogen-bond acceptors (Lipinski definition) is 8. The van der Waals surface area contributed by atoms with E-state index in [0.29, 0.717) is 41.3 Å². The zero-order chi connectivity index (χ0) is 42.2.